The van der Waals surface area contributed by atoms with E-state index in [0.717, 1.165) is 43.4 Å². The fourth-order valence-corrected chi connectivity index (χ4v) is 4.09. The highest BCUT2D eigenvalue weighted by Gasteiger charge is 2.29. The van der Waals surface area contributed by atoms with Crippen LogP contribution >= 0.6 is 0 Å². The number of phenolic OH excluding ortho intramolecular Hbond substituents is 1. The SMILES string of the molecule is N[C@@H](Cc1ccc(O)cc1)C(=O)N1CCC(CCNC(=O)c2cc(C3CC3)on2)CC1. The van der Waals surface area contributed by atoms with Crippen molar-refractivity contribution in [2.45, 2.75) is 50.5 Å². The summed E-state index contributed by atoms with van der Waals surface area (Å²) in [5.41, 5.74) is 7.41. The molecule has 0 unspecified atom stereocenters. The third-order valence-corrected chi connectivity index (χ3v) is 6.21. The molecule has 0 bridgehead atoms. The van der Waals surface area contributed by atoms with E-state index in [1.165, 1.54) is 0 Å². The monoisotopic (exact) mass is 426 g/mol. The van der Waals surface area contributed by atoms with Crippen LogP contribution in [0, 0.1) is 5.92 Å². The number of aromatic hydroxyl groups is 1. The van der Waals surface area contributed by atoms with Crippen LogP contribution in [0.2, 0.25) is 0 Å². The van der Waals surface area contributed by atoms with Crippen molar-refractivity contribution in [3.63, 3.8) is 0 Å². The molecule has 0 radical (unpaired) electrons. The van der Waals surface area contributed by atoms with E-state index in [1.54, 1.807) is 30.3 Å². The molecule has 4 rings (SSSR count). The van der Waals surface area contributed by atoms with Gasteiger partial charge in [-0.25, -0.2) is 0 Å². The number of hydrogen-bond acceptors (Lipinski definition) is 6. The fourth-order valence-electron chi connectivity index (χ4n) is 4.09. The Labute approximate surface area is 181 Å². The van der Waals surface area contributed by atoms with Crippen molar-refractivity contribution in [3.05, 3.63) is 47.3 Å². The Morgan fingerprint density at radius 2 is 1.90 bits per heavy atom. The van der Waals surface area contributed by atoms with Gasteiger partial charge >= 0.3 is 0 Å². The van der Waals surface area contributed by atoms with Gasteiger partial charge in [0.2, 0.25) is 5.91 Å². The first-order valence-corrected chi connectivity index (χ1v) is 11.1. The Morgan fingerprint density at radius 3 is 2.58 bits per heavy atom. The largest absolute Gasteiger partial charge is 0.508 e. The molecule has 8 heteroatoms. The molecule has 1 aromatic heterocycles. The van der Waals surface area contributed by atoms with Crippen LogP contribution in [0.4, 0.5) is 0 Å². The molecule has 1 saturated carbocycles. The number of nitrogens with zero attached hydrogens (tertiary/aromatic N) is 2. The Bertz CT molecular complexity index is 899. The van der Waals surface area contributed by atoms with Gasteiger partial charge in [-0.1, -0.05) is 17.3 Å². The van der Waals surface area contributed by atoms with Gasteiger partial charge in [-0.05, 0) is 62.1 Å². The highest BCUT2D eigenvalue weighted by Crippen LogP contribution is 2.40. The smallest absolute Gasteiger partial charge is 0.273 e. The molecule has 4 N–H and O–H groups in total. The molecule has 1 aromatic carbocycles. The zero-order chi connectivity index (χ0) is 21.8. The number of likely N-dealkylation sites (tertiary alicyclic amines) is 1. The van der Waals surface area contributed by atoms with Gasteiger partial charge in [0.05, 0.1) is 6.04 Å². The Morgan fingerprint density at radius 1 is 1.19 bits per heavy atom. The number of aromatic nitrogens is 1. The van der Waals surface area contributed by atoms with Crippen LogP contribution in [-0.2, 0) is 11.2 Å². The van der Waals surface area contributed by atoms with E-state index in [4.69, 9.17) is 10.3 Å². The number of carbonyl (C=O) groups is 2. The second kappa shape index (κ2) is 9.51. The average molecular weight is 427 g/mol. The summed E-state index contributed by atoms with van der Waals surface area (Å²) < 4.78 is 5.23. The van der Waals surface area contributed by atoms with Gasteiger partial charge in [-0.15, -0.1) is 0 Å². The van der Waals surface area contributed by atoms with Crippen LogP contribution in [-0.4, -0.2) is 52.7 Å². The van der Waals surface area contributed by atoms with Gasteiger partial charge in [-0.2, -0.15) is 0 Å². The first-order valence-electron chi connectivity index (χ1n) is 11.1. The Hall–Kier alpha value is -2.87. The van der Waals surface area contributed by atoms with E-state index in [9.17, 15) is 14.7 Å². The van der Waals surface area contributed by atoms with Crippen molar-refractivity contribution in [3.8, 4) is 5.75 Å². The van der Waals surface area contributed by atoms with E-state index in [1.807, 2.05) is 4.90 Å². The van der Waals surface area contributed by atoms with Crippen LogP contribution < -0.4 is 11.1 Å². The molecule has 1 aliphatic carbocycles. The lowest BCUT2D eigenvalue weighted by Gasteiger charge is -2.33. The van der Waals surface area contributed by atoms with Crippen LogP contribution in [0.25, 0.3) is 0 Å². The standard InChI is InChI=1S/C23H30N4O4/c24-19(13-16-1-5-18(28)6-2-16)23(30)27-11-8-15(9-12-27)7-10-25-22(29)20-14-21(31-26-20)17-3-4-17/h1-2,5-6,14-15,17,19,28H,3-4,7-13,24H2,(H,25,29)/t19-/m0/s1. The molecule has 2 fully saturated rings. The first-order chi connectivity index (χ1) is 15.0. The number of carbonyl (C=O) groups excluding carboxylic acids is 2. The number of nitrogens with two attached hydrogens (primary N) is 1. The molecule has 1 saturated heterocycles. The number of rotatable bonds is 8. The van der Waals surface area contributed by atoms with Crippen molar-refractivity contribution < 1.29 is 19.2 Å². The number of piperidine rings is 1. The Balaban J connectivity index is 1.15. The summed E-state index contributed by atoms with van der Waals surface area (Å²) in [6, 6.07) is 7.95. The fraction of sp³-hybridized carbons (Fsp3) is 0.522. The predicted octanol–water partition coefficient (Wildman–Crippen LogP) is 2.19. The molecule has 8 nitrogen and oxygen atoms in total. The lowest BCUT2D eigenvalue weighted by molar-refractivity contribution is -0.134. The predicted molar refractivity (Wildman–Crippen MR) is 115 cm³/mol. The van der Waals surface area contributed by atoms with Crippen molar-refractivity contribution in [1.29, 1.82) is 0 Å². The van der Waals surface area contributed by atoms with Crippen LogP contribution in [0.1, 0.15) is 59.8 Å². The highest BCUT2D eigenvalue weighted by molar-refractivity contribution is 5.92. The van der Waals surface area contributed by atoms with E-state index in [0.29, 0.717) is 43.6 Å². The summed E-state index contributed by atoms with van der Waals surface area (Å²) >= 11 is 0. The maximum Gasteiger partial charge on any atom is 0.273 e. The molecule has 31 heavy (non-hydrogen) atoms. The maximum absolute atomic E-state index is 12.7. The molecular weight excluding hydrogens is 396 g/mol. The average Bonchev–Trinajstić information content (AvgIpc) is 3.51. The third kappa shape index (κ3) is 5.64. The minimum Gasteiger partial charge on any atom is -0.508 e. The summed E-state index contributed by atoms with van der Waals surface area (Å²) in [5.74, 6) is 1.70. The van der Waals surface area contributed by atoms with E-state index >= 15 is 0 Å². The third-order valence-electron chi connectivity index (χ3n) is 6.21. The molecule has 0 spiro atoms. The van der Waals surface area contributed by atoms with Gasteiger partial charge in [0.25, 0.3) is 5.91 Å². The van der Waals surface area contributed by atoms with Crippen LogP contribution in [0.15, 0.2) is 34.9 Å². The van der Waals surface area contributed by atoms with Crippen molar-refractivity contribution >= 4 is 11.8 Å². The number of amides is 2. The van der Waals surface area contributed by atoms with Gasteiger partial charge in [0, 0.05) is 31.6 Å². The number of hydrogen-bond donors (Lipinski definition) is 3. The minimum absolute atomic E-state index is 0.0303. The van der Waals surface area contributed by atoms with Gasteiger partial charge in [0.1, 0.15) is 11.5 Å². The van der Waals surface area contributed by atoms with Gasteiger partial charge < -0.3 is 25.6 Å². The normalized spacial score (nSPS) is 18.0. The lowest BCUT2D eigenvalue weighted by atomic mass is 9.93. The highest BCUT2D eigenvalue weighted by atomic mass is 16.5. The minimum atomic E-state index is -0.580. The van der Waals surface area contributed by atoms with E-state index in [-0.39, 0.29) is 17.6 Å². The van der Waals surface area contributed by atoms with Crippen molar-refractivity contribution in [1.82, 2.24) is 15.4 Å². The first kappa shape index (κ1) is 21.4. The summed E-state index contributed by atoms with van der Waals surface area (Å²) in [5, 5.41) is 16.2. The molecule has 2 aliphatic rings. The molecule has 2 heterocycles. The Kier molecular flexibility index (Phi) is 6.56. The zero-order valence-electron chi connectivity index (χ0n) is 17.6. The van der Waals surface area contributed by atoms with Gasteiger partial charge in [0.15, 0.2) is 5.69 Å². The summed E-state index contributed by atoms with van der Waals surface area (Å²) in [6.07, 6.45) is 5.36. The zero-order valence-corrected chi connectivity index (χ0v) is 17.6. The number of benzene rings is 1. The summed E-state index contributed by atoms with van der Waals surface area (Å²) in [4.78, 5) is 26.7. The maximum atomic E-state index is 12.7. The molecular formula is C23H30N4O4. The second-order valence-electron chi connectivity index (χ2n) is 8.68. The van der Waals surface area contributed by atoms with Crippen LogP contribution in [0.5, 0.6) is 5.75 Å². The lowest BCUT2D eigenvalue weighted by Crippen LogP contribution is -2.48. The second-order valence-corrected chi connectivity index (χ2v) is 8.68. The quantitative estimate of drug-likeness (QED) is 0.595. The summed E-state index contributed by atoms with van der Waals surface area (Å²) in [7, 11) is 0. The van der Waals surface area contributed by atoms with Crippen molar-refractivity contribution in [2.24, 2.45) is 11.7 Å². The molecule has 1 aliphatic heterocycles. The summed E-state index contributed by atoms with van der Waals surface area (Å²) in [6.45, 7) is 1.97. The van der Waals surface area contributed by atoms with E-state index in [2.05, 4.69) is 10.5 Å². The molecule has 2 amide bonds. The molecule has 1 atom stereocenters. The van der Waals surface area contributed by atoms with E-state index < -0.39 is 6.04 Å². The van der Waals surface area contributed by atoms with Crippen LogP contribution in [0.3, 0.4) is 0 Å². The topological polar surface area (TPSA) is 122 Å². The number of phenols is 1. The van der Waals surface area contributed by atoms with Crippen molar-refractivity contribution in [2.75, 3.05) is 19.6 Å². The molecule has 166 valence electrons. The van der Waals surface area contributed by atoms with Gasteiger partial charge in [-0.3, -0.25) is 9.59 Å². The molecule has 2 aromatic rings. The number of nitrogens with one attached hydrogen (secondary N) is 1.